The monoisotopic (exact) mass is 356 g/mol. The minimum atomic E-state index is -0.133. The highest BCUT2D eigenvalue weighted by molar-refractivity contribution is 9.09. The molecule has 1 aromatic carbocycles. The second kappa shape index (κ2) is 11.6. The summed E-state index contributed by atoms with van der Waals surface area (Å²) in [5.74, 6) is 0.848. The Bertz CT molecular complexity index is 407. The molecule has 118 valence electrons. The molecule has 0 atom stereocenters. The van der Waals surface area contributed by atoms with Crippen molar-refractivity contribution >= 4 is 21.9 Å². The molecule has 4 heteroatoms. The number of carbonyl (C=O) groups is 1. The topological polar surface area (TPSA) is 35.5 Å². The molecule has 0 aliphatic rings. The van der Waals surface area contributed by atoms with E-state index in [1.807, 2.05) is 18.2 Å². The second-order valence-corrected chi connectivity index (χ2v) is 5.78. The van der Waals surface area contributed by atoms with Crippen LogP contribution >= 0.6 is 15.9 Å². The number of rotatable bonds is 11. The number of ether oxygens (including phenoxy) is 2. The summed E-state index contributed by atoms with van der Waals surface area (Å²) in [6, 6.07) is 8.17. The molecule has 0 fully saturated rings. The number of aryl methyl sites for hydroxylation is 1. The maximum atomic E-state index is 11.1. The molecule has 0 saturated heterocycles. The predicted octanol–water partition coefficient (Wildman–Crippen LogP) is 4.52. The number of methoxy groups -OCH3 is 1. The van der Waals surface area contributed by atoms with Crippen LogP contribution in [0.1, 0.15) is 44.1 Å². The smallest absolute Gasteiger partial charge is 0.305 e. The van der Waals surface area contributed by atoms with Gasteiger partial charge in [-0.1, -0.05) is 34.1 Å². The van der Waals surface area contributed by atoms with Gasteiger partial charge in [-0.25, -0.2) is 0 Å². The van der Waals surface area contributed by atoms with E-state index in [1.165, 1.54) is 25.5 Å². The summed E-state index contributed by atoms with van der Waals surface area (Å²) in [4.78, 5) is 11.1. The van der Waals surface area contributed by atoms with E-state index in [0.29, 0.717) is 6.42 Å². The standard InChI is InChI=1S/C17H25BrO3/c1-20-17(19)12-6-4-10-15-9-3-5-11-16(15)21-14-8-2-7-13-18/h3,5,9,11H,2,4,6-8,10,12-14H2,1H3. The van der Waals surface area contributed by atoms with Crippen molar-refractivity contribution in [3.05, 3.63) is 29.8 Å². The Morgan fingerprint density at radius 1 is 1.10 bits per heavy atom. The molecule has 0 aliphatic carbocycles. The maximum absolute atomic E-state index is 11.1. The van der Waals surface area contributed by atoms with E-state index < -0.39 is 0 Å². The summed E-state index contributed by atoms with van der Waals surface area (Å²) in [7, 11) is 1.43. The minimum Gasteiger partial charge on any atom is -0.493 e. The first kappa shape index (κ1) is 18.0. The van der Waals surface area contributed by atoms with Gasteiger partial charge < -0.3 is 9.47 Å². The first-order chi connectivity index (χ1) is 10.3. The molecular weight excluding hydrogens is 332 g/mol. The van der Waals surface area contributed by atoms with Gasteiger partial charge in [0.25, 0.3) is 0 Å². The lowest BCUT2D eigenvalue weighted by Gasteiger charge is -2.11. The molecule has 0 aromatic heterocycles. The fraction of sp³-hybridized carbons (Fsp3) is 0.588. The summed E-state index contributed by atoms with van der Waals surface area (Å²) in [5.41, 5.74) is 1.22. The number of hydrogen-bond donors (Lipinski definition) is 0. The Balaban J connectivity index is 2.31. The van der Waals surface area contributed by atoms with Crippen molar-refractivity contribution in [2.24, 2.45) is 0 Å². The third kappa shape index (κ3) is 8.10. The highest BCUT2D eigenvalue weighted by atomic mass is 79.9. The van der Waals surface area contributed by atoms with Gasteiger partial charge in [-0.05, 0) is 50.2 Å². The molecule has 0 aliphatic heterocycles. The Hall–Kier alpha value is -1.03. The van der Waals surface area contributed by atoms with Gasteiger partial charge in [-0.15, -0.1) is 0 Å². The first-order valence-corrected chi connectivity index (χ1v) is 8.73. The molecule has 0 heterocycles. The van der Waals surface area contributed by atoms with Crippen LogP contribution in [0, 0.1) is 0 Å². The van der Waals surface area contributed by atoms with Gasteiger partial charge in [-0.2, -0.15) is 0 Å². The van der Waals surface area contributed by atoms with Gasteiger partial charge in [0.1, 0.15) is 5.75 Å². The zero-order valence-electron chi connectivity index (χ0n) is 12.8. The molecular formula is C17H25BrO3. The number of carbonyl (C=O) groups excluding carboxylic acids is 1. The molecule has 1 aromatic rings. The highest BCUT2D eigenvalue weighted by Crippen LogP contribution is 2.21. The quantitative estimate of drug-likeness (QED) is 0.332. The zero-order chi connectivity index (χ0) is 15.3. The third-order valence-electron chi connectivity index (χ3n) is 3.31. The summed E-state index contributed by atoms with van der Waals surface area (Å²) >= 11 is 3.43. The van der Waals surface area contributed by atoms with Crippen molar-refractivity contribution in [3.63, 3.8) is 0 Å². The lowest BCUT2D eigenvalue weighted by Crippen LogP contribution is -2.02. The van der Waals surface area contributed by atoms with Gasteiger partial charge in [0.15, 0.2) is 0 Å². The van der Waals surface area contributed by atoms with E-state index in [0.717, 1.165) is 43.4 Å². The first-order valence-electron chi connectivity index (χ1n) is 7.61. The van der Waals surface area contributed by atoms with Crippen LogP contribution in [0.2, 0.25) is 0 Å². The lowest BCUT2D eigenvalue weighted by atomic mass is 10.1. The molecule has 0 unspecified atom stereocenters. The SMILES string of the molecule is COC(=O)CCCCc1ccccc1OCCCCCBr. The summed E-state index contributed by atoms with van der Waals surface area (Å²) < 4.78 is 10.5. The molecule has 1 rings (SSSR count). The van der Waals surface area contributed by atoms with Crippen LogP contribution in [-0.2, 0) is 16.0 Å². The Labute approximate surface area is 136 Å². The van der Waals surface area contributed by atoms with Crippen molar-refractivity contribution in [1.29, 1.82) is 0 Å². The van der Waals surface area contributed by atoms with Gasteiger partial charge in [-0.3, -0.25) is 4.79 Å². The molecule has 21 heavy (non-hydrogen) atoms. The highest BCUT2D eigenvalue weighted by Gasteiger charge is 2.04. The van der Waals surface area contributed by atoms with Crippen molar-refractivity contribution < 1.29 is 14.3 Å². The van der Waals surface area contributed by atoms with Gasteiger partial charge in [0, 0.05) is 11.8 Å². The van der Waals surface area contributed by atoms with Crippen LogP contribution in [0.5, 0.6) is 5.75 Å². The van der Waals surface area contributed by atoms with Crippen LogP contribution in [0.4, 0.5) is 0 Å². The van der Waals surface area contributed by atoms with E-state index in [-0.39, 0.29) is 5.97 Å². The molecule has 0 bridgehead atoms. The minimum absolute atomic E-state index is 0.133. The van der Waals surface area contributed by atoms with Crippen molar-refractivity contribution in [2.75, 3.05) is 19.0 Å². The predicted molar refractivity (Wildman–Crippen MR) is 89.2 cm³/mol. The Kier molecular flexibility index (Phi) is 9.96. The van der Waals surface area contributed by atoms with Crippen molar-refractivity contribution in [2.45, 2.75) is 44.9 Å². The van der Waals surface area contributed by atoms with Crippen LogP contribution in [0.15, 0.2) is 24.3 Å². The summed E-state index contributed by atoms with van der Waals surface area (Å²) in [5, 5.41) is 1.06. The maximum Gasteiger partial charge on any atom is 0.305 e. The van der Waals surface area contributed by atoms with E-state index in [1.54, 1.807) is 0 Å². The van der Waals surface area contributed by atoms with Crippen LogP contribution in [0.25, 0.3) is 0 Å². The summed E-state index contributed by atoms with van der Waals surface area (Å²) in [6.45, 7) is 0.770. The number of unbranched alkanes of at least 4 members (excludes halogenated alkanes) is 3. The van der Waals surface area contributed by atoms with E-state index >= 15 is 0 Å². The fourth-order valence-electron chi connectivity index (χ4n) is 2.09. The van der Waals surface area contributed by atoms with Crippen LogP contribution in [-0.4, -0.2) is 25.0 Å². The largest absolute Gasteiger partial charge is 0.493 e. The lowest BCUT2D eigenvalue weighted by molar-refractivity contribution is -0.140. The molecule has 0 radical (unpaired) electrons. The third-order valence-corrected chi connectivity index (χ3v) is 3.87. The Morgan fingerprint density at radius 3 is 2.67 bits per heavy atom. The molecule has 0 N–H and O–H groups in total. The van der Waals surface area contributed by atoms with E-state index in [4.69, 9.17) is 4.74 Å². The van der Waals surface area contributed by atoms with Crippen LogP contribution in [0.3, 0.4) is 0 Å². The van der Waals surface area contributed by atoms with Crippen LogP contribution < -0.4 is 4.74 Å². The van der Waals surface area contributed by atoms with Crippen molar-refractivity contribution in [1.82, 2.24) is 0 Å². The average molecular weight is 357 g/mol. The Morgan fingerprint density at radius 2 is 1.90 bits per heavy atom. The average Bonchev–Trinajstić information content (AvgIpc) is 2.52. The number of para-hydroxylation sites is 1. The normalized spacial score (nSPS) is 10.4. The zero-order valence-corrected chi connectivity index (χ0v) is 14.4. The van der Waals surface area contributed by atoms with E-state index in [9.17, 15) is 4.79 Å². The number of benzene rings is 1. The summed E-state index contributed by atoms with van der Waals surface area (Å²) in [6.07, 6.45) is 6.72. The van der Waals surface area contributed by atoms with Gasteiger partial charge in [0.05, 0.1) is 13.7 Å². The molecule has 0 spiro atoms. The van der Waals surface area contributed by atoms with Crippen molar-refractivity contribution in [3.8, 4) is 5.75 Å². The number of hydrogen-bond acceptors (Lipinski definition) is 3. The van der Waals surface area contributed by atoms with Gasteiger partial charge in [0.2, 0.25) is 0 Å². The number of esters is 1. The van der Waals surface area contributed by atoms with E-state index in [2.05, 4.69) is 26.7 Å². The molecule has 0 saturated carbocycles. The van der Waals surface area contributed by atoms with Gasteiger partial charge >= 0.3 is 5.97 Å². The molecule has 0 amide bonds. The second-order valence-electron chi connectivity index (χ2n) is 4.99. The molecule has 3 nitrogen and oxygen atoms in total. The number of alkyl halides is 1. The fourth-order valence-corrected chi connectivity index (χ4v) is 2.49. The number of halogens is 1.